The first kappa shape index (κ1) is 13.9. The number of allylic oxidation sites excluding steroid dienone is 4. The zero-order valence-electron chi connectivity index (χ0n) is 12.2. The van der Waals surface area contributed by atoms with Crippen LogP contribution in [0.3, 0.4) is 0 Å². The van der Waals surface area contributed by atoms with Gasteiger partial charge in [0.1, 0.15) is 6.10 Å². The van der Waals surface area contributed by atoms with Gasteiger partial charge in [0.15, 0.2) is 0 Å². The molecule has 5 heteroatoms. The van der Waals surface area contributed by atoms with Gasteiger partial charge in [-0.05, 0) is 36.0 Å². The number of hydrogen-bond donors (Lipinski definition) is 0. The van der Waals surface area contributed by atoms with Crippen LogP contribution in [0, 0.1) is 33.8 Å². The maximum absolute atomic E-state index is 12.3. The van der Waals surface area contributed by atoms with E-state index in [9.17, 15) is 14.9 Å². The van der Waals surface area contributed by atoms with Gasteiger partial charge in [-0.1, -0.05) is 30.4 Å². The molecule has 23 heavy (non-hydrogen) atoms. The molecule has 0 spiro atoms. The van der Waals surface area contributed by atoms with Crippen LogP contribution < -0.4 is 0 Å². The fourth-order valence-electron chi connectivity index (χ4n) is 3.78. The second-order valence-corrected chi connectivity index (χ2v) is 6.14. The first-order chi connectivity index (χ1) is 11.1. The number of esters is 1. The van der Waals surface area contributed by atoms with E-state index in [1.807, 2.05) is 6.08 Å². The molecule has 5 nitrogen and oxygen atoms in total. The zero-order chi connectivity index (χ0) is 16.0. The van der Waals surface area contributed by atoms with E-state index in [1.54, 1.807) is 0 Å². The number of hydrogen-bond acceptors (Lipinski definition) is 4. The van der Waals surface area contributed by atoms with Gasteiger partial charge in [0.25, 0.3) is 5.69 Å². The molecule has 1 aromatic rings. The van der Waals surface area contributed by atoms with Crippen molar-refractivity contribution >= 4 is 11.7 Å². The third-order valence-electron chi connectivity index (χ3n) is 4.90. The van der Waals surface area contributed by atoms with Crippen molar-refractivity contribution in [3.05, 3.63) is 76.4 Å². The van der Waals surface area contributed by atoms with Gasteiger partial charge in [-0.2, -0.15) is 0 Å². The molecule has 0 saturated carbocycles. The van der Waals surface area contributed by atoms with E-state index in [1.165, 1.54) is 24.3 Å². The molecule has 0 heterocycles. The van der Waals surface area contributed by atoms with E-state index in [4.69, 9.17) is 4.74 Å². The maximum Gasteiger partial charge on any atom is 0.338 e. The van der Waals surface area contributed by atoms with E-state index in [2.05, 4.69) is 30.4 Å². The van der Waals surface area contributed by atoms with E-state index in [-0.39, 0.29) is 17.7 Å². The van der Waals surface area contributed by atoms with Crippen molar-refractivity contribution in [1.82, 2.24) is 0 Å². The molecule has 3 aliphatic rings. The molecule has 1 aromatic carbocycles. The highest BCUT2D eigenvalue weighted by molar-refractivity contribution is 5.89. The Morgan fingerprint density at radius 3 is 2.22 bits per heavy atom. The number of nitro groups is 1. The molecule has 0 radical (unpaired) electrons. The number of carbonyl (C=O) groups excluding carboxylic acids is 1. The van der Waals surface area contributed by atoms with Crippen LogP contribution in [0.2, 0.25) is 0 Å². The lowest BCUT2D eigenvalue weighted by Gasteiger charge is -2.33. The lowest BCUT2D eigenvalue weighted by atomic mass is 9.76. The van der Waals surface area contributed by atoms with Crippen LogP contribution in [0.4, 0.5) is 5.69 Å². The first-order valence-corrected chi connectivity index (χ1v) is 7.64. The van der Waals surface area contributed by atoms with Crippen LogP contribution in [0.1, 0.15) is 10.4 Å². The van der Waals surface area contributed by atoms with Gasteiger partial charge < -0.3 is 4.74 Å². The van der Waals surface area contributed by atoms with Crippen molar-refractivity contribution in [3.8, 4) is 0 Å². The molecular formula is C18H15NO4. The molecule has 116 valence electrons. The van der Waals surface area contributed by atoms with E-state index < -0.39 is 10.9 Å². The van der Waals surface area contributed by atoms with Gasteiger partial charge in [0, 0.05) is 18.1 Å². The number of non-ortho nitro benzene ring substituents is 1. The summed E-state index contributed by atoms with van der Waals surface area (Å²) in [5, 5.41) is 10.7. The molecule has 0 saturated heterocycles. The highest BCUT2D eigenvalue weighted by atomic mass is 16.6. The molecular weight excluding hydrogens is 294 g/mol. The van der Waals surface area contributed by atoms with Gasteiger partial charge >= 0.3 is 5.97 Å². The smallest absolute Gasteiger partial charge is 0.338 e. The Labute approximate surface area is 133 Å². The van der Waals surface area contributed by atoms with Crippen LogP contribution in [0.15, 0.2) is 60.7 Å². The minimum atomic E-state index is -0.490. The summed E-state index contributed by atoms with van der Waals surface area (Å²) in [5.74, 6) is 1.07. The summed E-state index contributed by atoms with van der Waals surface area (Å²) in [6.07, 6.45) is 12.6. The third kappa shape index (κ3) is 2.29. The summed E-state index contributed by atoms with van der Waals surface area (Å²) in [6, 6.07) is 5.49. The molecule has 4 rings (SSSR count). The summed E-state index contributed by atoms with van der Waals surface area (Å²) < 4.78 is 5.64. The van der Waals surface area contributed by atoms with E-state index >= 15 is 0 Å². The summed E-state index contributed by atoms with van der Waals surface area (Å²) in [6.45, 7) is 0. The highest BCUT2D eigenvalue weighted by Gasteiger charge is 2.44. The second-order valence-electron chi connectivity index (χ2n) is 6.14. The van der Waals surface area contributed by atoms with E-state index in [0.717, 1.165) is 0 Å². The predicted octanol–water partition coefficient (Wildman–Crippen LogP) is 3.29. The highest BCUT2D eigenvalue weighted by Crippen LogP contribution is 2.47. The fraction of sp³-hybridized carbons (Fsp3) is 0.278. The number of ether oxygens (including phenoxy) is 1. The Morgan fingerprint density at radius 2 is 1.57 bits per heavy atom. The average Bonchev–Trinajstić information content (AvgIpc) is 3.16. The Bertz CT molecular complexity index is 747. The monoisotopic (exact) mass is 309 g/mol. The Morgan fingerprint density at radius 1 is 0.957 bits per heavy atom. The Kier molecular flexibility index (Phi) is 3.15. The summed E-state index contributed by atoms with van der Waals surface area (Å²) >= 11 is 0. The number of benzene rings is 1. The van der Waals surface area contributed by atoms with Crippen LogP contribution in [0.25, 0.3) is 0 Å². The molecule has 0 unspecified atom stereocenters. The fourth-order valence-corrected chi connectivity index (χ4v) is 3.78. The van der Waals surface area contributed by atoms with Gasteiger partial charge in [-0.25, -0.2) is 4.79 Å². The lowest BCUT2D eigenvalue weighted by molar-refractivity contribution is -0.384. The second kappa shape index (κ2) is 5.19. The molecule has 0 aliphatic heterocycles. The van der Waals surface area contributed by atoms with Crippen LogP contribution >= 0.6 is 0 Å². The van der Waals surface area contributed by atoms with Crippen molar-refractivity contribution in [3.63, 3.8) is 0 Å². The summed E-state index contributed by atoms with van der Waals surface area (Å²) in [5.41, 5.74) is 0.287. The number of rotatable bonds is 3. The van der Waals surface area contributed by atoms with Crippen LogP contribution in [-0.2, 0) is 4.74 Å². The first-order valence-electron chi connectivity index (χ1n) is 7.64. The van der Waals surface area contributed by atoms with Crippen LogP contribution in [0.5, 0.6) is 0 Å². The normalized spacial score (nSPS) is 32.8. The van der Waals surface area contributed by atoms with Crippen molar-refractivity contribution in [2.75, 3.05) is 0 Å². The molecule has 0 bridgehead atoms. The number of nitro benzene ring substituents is 1. The quantitative estimate of drug-likeness (QED) is 0.372. The molecule has 0 aromatic heterocycles. The Hall–Kier alpha value is -2.69. The van der Waals surface area contributed by atoms with Crippen LogP contribution in [-0.4, -0.2) is 17.0 Å². The molecule has 0 N–H and O–H groups in total. The van der Waals surface area contributed by atoms with Crippen molar-refractivity contribution in [2.24, 2.45) is 23.7 Å². The van der Waals surface area contributed by atoms with Gasteiger partial charge in [-0.3, -0.25) is 10.1 Å². The zero-order valence-corrected chi connectivity index (χ0v) is 12.2. The van der Waals surface area contributed by atoms with Crippen molar-refractivity contribution in [1.29, 1.82) is 0 Å². The molecule has 0 fully saturated rings. The maximum atomic E-state index is 12.3. The van der Waals surface area contributed by atoms with E-state index in [0.29, 0.717) is 23.3 Å². The Balaban J connectivity index is 1.50. The van der Waals surface area contributed by atoms with Gasteiger partial charge in [0.2, 0.25) is 0 Å². The number of carbonyl (C=O) groups is 1. The summed E-state index contributed by atoms with van der Waals surface area (Å²) in [4.78, 5) is 22.5. The SMILES string of the molecule is O=C(O[C@H]1C=C[C@@H]2C=C[C@@H]3C=C[C@@H]1[C@@H]32)c1ccc([N+](=O)[O-])cc1. The average molecular weight is 309 g/mol. The van der Waals surface area contributed by atoms with Gasteiger partial charge in [0.05, 0.1) is 10.5 Å². The topological polar surface area (TPSA) is 69.4 Å². The largest absolute Gasteiger partial charge is 0.454 e. The molecule has 0 amide bonds. The van der Waals surface area contributed by atoms with Crippen molar-refractivity contribution < 1.29 is 14.5 Å². The predicted molar refractivity (Wildman–Crippen MR) is 83.7 cm³/mol. The third-order valence-corrected chi connectivity index (χ3v) is 4.90. The molecule has 5 atom stereocenters. The standard InChI is InChI=1S/C18H15NO4/c20-18(13-3-7-14(8-4-13)19(21)22)23-16-10-6-12-2-1-11-5-9-15(16)17(11)12/h1-12,15-17H/t11-,12+,15+,16+,17+/m1/s1. The minimum absolute atomic E-state index is 0.0412. The van der Waals surface area contributed by atoms with Gasteiger partial charge in [-0.15, -0.1) is 0 Å². The lowest BCUT2D eigenvalue weighted by Crippen LogP contribution is -2.34. The number of nitrogens with zero attached hydrogens (tertiary/aromatic N) is 1. The minimum Gasteiger partial charge on any atom is -0.454 e. The summed E-state index contributed by atoms with van der Waals surface area (Å²) in [7, 11) is 0. The van der Waals surface area contributed by atoms with Crippen molar-refractivity contribution in [2.45, 2.75) is 6.10 Å². The molecule has 3 aliphatic carbocycles.